The van der Waals surface area contributed by atoms with Gasteiger partial charge in [0.1, 0.15) is 0 Å². The van der Waals surface area contributed by atoms with E-state index in [4.69, 9.17) is 0 Å². The minimum absolute atomic E-state index is 0.00106. The maximum absolute atomic E-state index is 12.1. The number of carbonyl (C=O) groups is 1. The van der Waals surface area contributed by atoms with E-state index in [0.717, 1.165) is 32.0 Å². The van der Waals surface area contributed by atoms with Crippen LogP contribution in [0.25, 0.3) is 0 Å². The van der Waals surface area contributed by atoms with Gasteiger partial charge in [-0.2, -0.15) is 0 Å². The van der Waals surface area contributed by atoms with Crippen molar-refractivity contribution in [3.63, 3.8) is 0 Å². The molecule has 0 saturated carbocycles. The molecule has 3 unspecified atom stereocenters. The summed E-state index contributed by atoms with van der Waals surface area (Å²) < 4.78 is 0. The van der Waals surface area contributed by atoms with Crippen LogP contribution in [0, 0.1) is 0 Å². The Morgan fingerprint density at radius 3 is 2.74 bits per heavy atom. The van der Waals surface area contributed by atoms with Crippen LogP contribution in [0.5, 0.6) is 0 Å². The maximum Gasteiger partial charge on any atom is 0.240 e. The molecule has 1 N–H and O–H groups in total. The first-order chi connectivity index (χ1) is 9.13. The summed E-state index contributed by atoms with van der Waals surface area (Å²) in [5, 5.41) is 3.36. The monoisotopic (exact) mass is 267 g/mol. The van der Waals surface area contributed by atoms with E-state index in [-0.39, 0.29) is 18.1 Å². The number of hydrogen-bond donors (Lipinski definition) is 1. The van der Waals surface area contributed by atoms with Crippen molar-refractivity contribution >= 4 is 5.91 Å². The Balaban J connectivity index is 1.76. The zero-order valence-corrected chi connectivity index (χ0v) is 12.7. The van der Waals surface area contributed by atoms with E-state index in [0.29, 0.717) is 0 Å². The first kappa shape index (κ1) is 14.8. The molecule has 2 heterocycles. The molecule has 0 spiro atoms. The van der Waals surface area contributed by atoms with Crippen molar-refractivity contribution in [3.8, 4) is 0 Å². The smallest absolute Gasteiger partial charge is 0.240 e. The normalized spacial score (nSPS) is 33.1. The van der Waals surface area contributed by atoms with Crippen LogP contribution in [0.4, 0.5) is 0 Å². The van der Waals surface area contributed by atoms with Crippen molar-refractivity contribution in [3.05, 3.63) is 0 Å². The van der Waals surface area contributed by atoms with Crippen LogP contribution in [-0.2, 0) is 4.79 Å². The highest BCUT2D eigenvalue weighted by atomic mass is 16.2. The van der Waals surface area contributed by atoms with Crippen LogP contribution in [0.1, 0.15) is 52.9 Å². The van der Waals surface area contributed by atoms with Gasteiger partial charge in [-0.1, -0.05) is 13.3 Å². The molecule has 2 fully saturated rings. The van der Waals surface area contributed by atoms with Crippen molar-refractivity contribution < 1.29 is 4.79 Å². The van der Waals surface area contributed by atoms with Gasteiger partial charge in [0.2, 0.25) is 5.91 Å². The van der Waals surface area contributed by atoms with Crippen molar-refractivity contribution in [2.75, 3.05) is 19.6 Å². The third kappa shape index (κ3) is 3.48. The van der Waals surface area contributed by atoms with Crippen molar-refractivity contribution in [2.45, 2.75) is 71.1 Å². The van der Waals surface area contributed by atoms with E-state index in [1.54, 1.807) is 0 Å². The molecule has 2 aliphatic rings. The maximum atomic E-state index is 12.1. The average Bonchev–Trinajstić information content (AvgIpc) is 2.68. The molecule has 4 nitrogen and oxygen atoms in total. The molecule has 0 aromatic carbocycles. The Kier molecular flexibility index (Phi) is 5.22. The molecule has 0 aromatic heterocycles. The topological polar surface area (TPSA) is 35.6 Å². The van der Waals surface area contributed by atoms with Gasteiger partial charge in [-0.25, -0.2) is 0 Å². The molecule has 1 amide bonds. The summed E-state index contributed by atoms with van der Waals surface area (Å²) in [6.45, 7) is 9.72. The summed E-state index contributed by atoms with van der Waals surface area (Å²) in [6.07, 6.45) is 6.39. The van der Waals surface area contributed by atoms with Crippen LogP contribution < -0.4 is 5.32 Å². The first-order valence-electron chi connectivity index (χ1n) is 7.94. The van der Waals surface area contributed by atoms with Gasteiger partial charge in [-0.05, 0) is 46.1 Å². The third-order valence-electron chi connectivity index (χ3n) is 4.64. The van der Waals surface area contributed by atoms with E-state index in [9.17, 15) is 4.79 Å². The lowest BCUT2D eigenvalue weighted by Gasteiger charge is -2.34. The second-order valence-corrected chi connectivity index (χ2v) is 6.08. The predicted octanol–water partition coefficient (Wildman–Crippen LogP) is 1.81. The molecule has 0 aromatic rings. The SMILES string of the molecule is CCC1NC(C)C(=O)N1CCCN1CCCCC1C. The molecule has 2 rings (SSSR count). The van der Waals surface area contributed by atoms with E-state index < -0.39 is 0 Å². The number of likely N-dealkylation sites (tertiary alicyclic amines) is 1. The molecular formula is C15H29N3O. The number of piperidine rings is 1. The fourth-order valence-corrected chi connectivity index (χ4v) is 3.39. The molecule has 4 heteroatoms. The number of nitrogens with one attached hydrogen (secondary N) is 1. The molecule has 0 radical (unpaired) electrons. The third-order valence-corrected chi connectivity index (χ3v) is 4.64. The minimum atomic E-state index is -0.00106. The number of rotatable bonds is 5. The molecule has 19 heavy (non-hydrogen) atoms. The lowest BCUT2D eigenvalue weighted by atomic mass is 10.0. The summed E-state index contributed by atoms with van der Waals surface area (Å²) in [4.78, 5) is 16.7. The van der Waals surface area contributed by atoms with Crippen molar-refractivity contribution in [2.24, 2.45) is 0 Å². The Hall–Kier alpha value is -0.610. The summed E-state index contributed by atoms with van der Waals surface area (Å²) in [6, 6.07) is 0.723. The summed E-state index contributed by atoms with van der Waals surface area (Å²) in [5.74, 6) is 0.276. The molecule has 110 valence electrons. The average molecular weight is 267 g/mol. The number of hydrogen-bond acceptors (Lipinski definition) is 3. The Morgan fingerprint density at radius 2 is 2.05 bits per heavy atom. The Bertz CT molecular complexity index is 308. The quantitative estimate of drug-likeness (QED) is 0.825. The molecule has 2 aliphatic heterocycles. The standard InChI is InChI=1S/C15H29N3O/c1-4-14-16-13(3)15(19)18(14)11-7-10-17-9-6-5-8-12(17)2/h12-14,16H,4-11H2,1-3H3. The van der Waals surface area contributed by atoms with Crippen LogP contribution in [0.3, 0.4) is 0 Å². The fraction of sp³-hybridized carbons (Fsp3) is 0.933. The van der Waals surface area contributed by atoms with Crippen LogP contribution in [0.15, 0.2) is 0 Å². The second-order valence-electron chi connectivity index (χ2n) is 6.08. The second kappa shape index (κ2) is 6.71. The fourth-order valence-electron chi connectivity index (χ4n) is 3.39. The highest BCUT2D eigenvalue weighted by Crippen LogP contribution is 2.18. The van der Waals surface area contributed by atoms with Gasteiger partial charge in [-0.15, -0.1) is 0 Å². The van der Waals surface area contributed by atoms with Gasteiger partial charge in [0, 0.05) is 19.1 Å². The molecule has 2 saturated heterocycles. The van der Waals surface area contributed by atoms with E-state index >= 15 is 0 Å². The molecular weight excluding hydrogens is 238 g/mol. The number of amides is 1. The summed E-state index contributed by atoms with van der Waals surface area (Å²) in [7, 11) is 0. The van der Waals surface area contributed by atoms with E-state index in [2.05, 4.69) is 24.1 Å². The zero-order valence-electron chi connectivity index (χ0n) is 12.7. The predicted molar refractivity (Wildman–Crippen MR) is 77.9 cm³/mol. The van der Waals surface area contributed by atoms with Gasteiger partial charge >= 0.3 is 0 Å². The zero-order chi connectivity index (χ0) is 13.8. The van der Waals surface area contributed by atoms with Gasteiger partial charge in [0.25, 0.3) is 0 Å². The van der Waals surface area contributed by atoms with Gasteiger partial charge in [0.15, 0.2) is 0 Å². The van der Waals surface area contributed by atoms with Gasteiger partial charge < -0.3 is 9.80 Å². The molecule has 3 atom stereocenters. The van der Waals surface area contributed by atoms with Crippen LogP contribution in [0.2, 0.25) is 0 Å². The Labute approximate surface area is 117 Å². The molecule has 0 aliphatic carbocycles. The number of nitrogens with zero attached hydrogens (tertiary/aromatic N) is 2. The highest BCUT2D eigenvalue weighted by molar-refractivity contribution is 5.83. The highest BCUT2D eigenvalue weighted by Gasteiger charge is 2.34. The van der Waals surface area contributed by atoms with Gasteiger partial charge in [-0.3, -0.25) is 10.1 Å². The lowest BCUT2D eigenvalue weighted by molar-refractivity contribution is -0.129. The minimum Gasteiger partial charge on any atom is -0.326 e. The van der Waals surface area contributed by atoms with Crippen molar-refractivity contribution in [1.82, 2.24) is 15.1 Å². The Morgan fingerprint density at radius 1 is 1.26 bits per heavy atom. The summed E-state index contributed by atoms with van der Waals surface area (Å²) >= 11 is 0. The van der Waals surface area contributed by atoms with E-state index in [1.165, 1.54) is 25.8 Å². The van der Waals surface area contributed by atoms with Gasteiger partial charge in [0.05, 0.1) is 12.2 Å². The number of carbonyl (C=O) groups excluding carboxylic acids is 1. The lowest BCUT2D eigenvalue weighted by Crippen LogP contribution is -2.41. The van der Waals surface area contributed by atoms with Crippen LogP contribution >= 0.6 is 0 Å². The first-order valence-corrected chi connectivity index (χ1v) is 7.94. The largest absolute Gasteiger partial charge is 0.326 e. The van der Waals surface area contributed by atoms with E-state index in [1.807, 2.05) is 11.8 Å². The van der Waals surface area contributed by atoms with Crippen LogP contribution in [-0.4, -0.2) is 53.6 Å². The van der Waals surface area contributed by atoms with Crippen molar-refractivity contribution in [1.29, 1.82) is 0 Å². The summed E-state index contributed by atoms with van der Waals surface area (Å²) in [5.41, 5.74) is 0. The molecule has 0 bridgehead atoms.